The van der Waals surface area contributed by atoms with E-state index in [1.165, 1.54) is 24.5 Å². The number of aromatic nitrogens is 3. The van der Waals surface area contributed by atoms with Crippen molar-refractivity contribution in [1.82, 2.24) is 19.3 Å². The summed E-state index contributed by atoms with van der Waals surface area (Å²) in [6.07, 6.45) is 3.61. The first-order chi connectivity index (χ1) is 22.1. The lowest BCUT2D eigenvalue weighted by molar-refractivity contribution is -0.142. The van der Waals surface area contributed by atoms with Crippen LogP contribution in [-0.4, -0.2) is 80.1 Å². The maximum atomic E-state index is 16.1. The number of hydrogen-bond donors (Lipinski definition) is 0. The van der Waals surface area contributed by atoms with Gasteiger partial charge in [0.25, 0.3) is 0 Å². The minimum atomic E-state index is -4.05. The Hall–Kier alpha value is -4.23. The Labute approximate surface area is 270 Å². The lowest BCUT2D eigenvalue weighted by atomic mass is 10.1. The molecule has 1 aromatic carbocycles. The minimum Gasteiger partial charge on any atom is -0.467 e. The Bertz CT molecular complexity index is 1960. The number of carbonyl (C=O) groups excluding carboxylic acids is 1. The number of thiazole rings is 1. The van der Waals surface area contributed by atoms with E-state index in [4.69, 9.17) is 14.7 Å². The van der Waals surface area contributed by atoms with Gasteiger partial charge in [-0.05, 0) is 57.0 Å². The number of methoxy groups -OCH3 is 1. The number of esters is 1. The summed E-state index contributed by atoms with van der Waals surface area (Å²) in [4.78, 5) is 30.9. The average Bonchev–Trinajstić information content (AvgIpc) is 3.84. The highest BCUT2D eigenvalue weighted by atomic mass is 32.2. The zero-order valence-electron chi connectivity index (χ0n) is 25.7. The molecular weight excluding hydrogens is 634 g/mol. The number of fused-ring (bicyclic) bond motifs is 1. The van der Waals surface area contributed by atoms with Crippen LogP contribution in [0.25, 0.3) is 22.2 Å². The Morgan fingerprint density at radius 3 is 2.61 bits per heavy atom. The van der Waals surface area contributed by atoms with Gasteiger partial charge in [-0.1, -0.05) is 11.3 Å². The summed E-state index contributed by atoms with van der Waals surface area (Å²) in [5.74, 6) is -1.02. The van der Waals surface area contributed by atoms with Crippen LogP contribution in [0.4, 0.5) is 20.9 Å². The van der Waals surface area contributed by atoms with Gasteiger partial charge in [-0.15, -0.1) is 0 Å². The lowest BCUT2D eigenvalue weighted by Crippen LogP contribution is -2.58. The van der Waals surface area contributed by atoms with Crippen LogP contribution in [-0.2, 0) is 24.0 Å². The third-order valence-corrected chi connectivity index (χ3v) is 10.6. The first-order valence-electron chi connectivity index (χ1n) is 14.7. The highest BCUT2D eigenvalue weighted by Crippen LogP contribution is 2.45. The standard InChI is InChI=1S/C31H32FN7O5S2/c1-5-38(31-36-28(27(15-33)45-31)20-7-6-18(2)34-16-20)25-14-24(19-8-9-19)35-29-22(25)12-21(13-23(29)32)39-11-10-37(46(41,42)44-4)17-26(39)30(40)43-3/h6-7,12-14,16,19,26H,5,8-11,17H2,1-4H3. The van der Waals surface area contributed by atoms with Gasteiger partial charge in [-0.3, -0.25) is 9.17 Å². The highest BCUT2D eigenvalue weighted by molar-refractivity contribution is 7.84. The summed E-state index contributed by atoms with van der Waals surface area (Å²) in [5, 5.41) is 11.0. The van der Waals surface area contributed by atoms with Crippen molar-refractivity contribution in [2.45, 2.75) is 38.6 Å². The van der Waals surface area contributed by atoms with Crippen LogP contribution in [0.1, 0.15) is 41.9 Å². The third kappa shape index (κ3) is 5.89. The molecule has 4 heterocycles. The Kier molecular flexibility index (Phi) is 8.64. The van der Waals surface area contributed by atoms with E-state index in [0.29, 0.717) is 39.0 Å². The van der Waals surface area contributed by atoms with E-state index in [1.807, 2.05) is 36.9 Å². The lowest BCUT2D eigenvalue weighted by Gasteiger charge is -2.40. The number of nitriles is 1. The second-order valence-electron chi connectivity index (χ2n) is 11.1. The molecule has 2 fully saturated rings. The summed E-state index contributed by atoms with van der Waals surface area (Å²) in [5.41, 5.74) is 4.07. The van der Waals surface area contributed by atoms with Gasteiger partial charge < -0.3 is 14.5 Å². The number of rotatable bonds is 9. The van der Waals surface area contributed by atoms with Crippen LogP contribution >= 0.6 is 11.3 Å². The first kappa shape index (κ1) is 31.7. The Morgan fingerprint density at radius 2 is 1.98 bits per heavy atom. The second-order valence-corrected chi connectivity index (χ2v) is 13.8. The molecule has 1 aliphatic heterocycles. The number of pyridine rings is 2. The van der Waals surface area contributed by atoms with E-state index in [1.54, 1.807) is 17.2 Å². The maximum Gasteiger partial charge on any atom is 0.338 e. The largest absolute Gasteiger partial charge is 0.467 e. The minimum absolute atomic E-state index is 0.0167. The number of carbonyl (C=O) groups is 1. The van der Waals surface area contributed by atoms with Crippen LogP contribution in [0, 0.1) is 24.1 Å². The topological polar surface area (TPSA) is 142 Å². The zero-order chi connectivity index (χ0) is 32.7. The van der Waals surface area contributed by atoms with Gasteiger partial charge in [0.2, 0.25) is 0 Å². The Balaban J connectivity index is 1.48. The molecule has 1 unspecified atom stereocenters. The van der Waals surface area contributed by atoms with Crippen molar-refractivity contribution in [2.24, 2.45) is 0 Å². The van der Waals surface area contributed by atoms with E-state index in [-0.39, 0.29) is 31.1 Å². The number of anilines is 3. The predicted octanol–water partition coefficient (Wildman–Crippen LogP) is 4.66. The quantitative estimate of drug-likeness (QED) is 0.230. The fraction of sp³-hybridized carbons (Fsp3) is 0.387. The number of aryl methyl sites for hydroxylation is 1. The van der Waals surface area contributed by atoms with Crippen LogP contribution in [0.5, 0.6) is 0 Å². The summed E-state index contributed by atoms with van der Waals surface area (Å²) in [6.45, 7) is 4.16. The number of hydrogen-bond acceptors (Lipinski definition) is 12. The molecule has 4 aromatic rings. The molecule has 1 saturated carbocycles. The van der Waals surface area contributed by atoms with E-state index >= 15 is 4.39 Å². The molecule has 1 atom stereocenters. The van der Waals surface area contributed by atoms with Crippen molar-refractivity contribution in [3.05, 3.63) is 58.6 Å². The molecule has 1 aliphatic carbocycles. The molecule has 6 rings (SSSR count). The van der Waals surface area contributed by atoms with Crippen molar-refractivity contribution in [1.29, 1.82) is 5.26 Å². The molecule has 0 bridgehead atoms. The summed E-state index contributed by atoms with van der Waals surface area (Å²) >= 11 is 1.24. The number of benzene rings is 1. The molecular formula is C31H32FN7O5S2. The normalized spacial score (nSPS) is 17.2. The second kappa shape index (κ2) is 12.5. The first-order valence-corrected chi connectivity index (χ1v) is 16.9. The van der Waals surface area contributed by atoms with E-state index in [2.05, 4.69) is 15.2 Å². The van der Waals surface area contributed by atoms with Gasteiger partial charge in [-0.2, -0.15) is 18.0 Å². The fourth-order valence-corrected chi connectivity index (χ4v) is 7.48. The molecule has 12 nitrogen and oxygen atoms in total. The van der Waals surface area contributed by atoms with Crippen molar-refractivity contribution >= 4 is 55.0 Å². The molecule has 0 radical (unpaired) electrons. The van der Waals surface area contributed by atoms with Gasteiger partial charge in [0, 0.05) is 66.3 Å². The van der Waals surface area contributed by atoms with E-state index in [0.717, 1.165) is 41.2 Å². The van der Waals surface area contributed by atoms with Crippen LogP contribution in [0.3, 0.4) is 0 Å². The van der Waals surface area contributed by atoms with Crippen molar-refractivity contribution in [3.63, 3.8) is 0 Å². The number of halogens is 1. The SMILES string of the molecule is CCN(c1nc(-c2ccc(C)nc2)c(C#N)s1)c1cc(C2CC2)nc2c(F)cc(N3CCN(S(=O)(=O)OC)CC3C(=O)OC)cc12. The fourth-order valence-electron chi connectivity index (χ4n) is 5.68. The van der Waals surface area contributed by atoms with Crippen molar-refractivity contribution in [3.8, 4) is 17.3 Å². The smallest absolute Gasteiger partial charge is 0.338 e. The van der Waals surface area contributed by atoms with Gasteiger partial charge in [0.05, 0.1) is 19.9 Å². The summed E-state index contributed by atoms with van der Waals surface area (Å²) < 4.78 is 51.7. The van der Waals surface area contributed by atoms with Crippen LogP contribution in [0.15, 0.2) is 36.5 Å². The molecule has 2 aliphatic rings. The molecule has 15 heteroatoms. The monoisotopic (exact) mass is 665 g/mol. The van der Waals surface area contributed by atoms with Gasteiger partial charge >= 0.3 is 16.3 Å². The average molecular weight is 666 g/mol. The highest BCUT2D eigenvalue weighted by Gasteiger charge is 2.39. The van der Waals surface area contributed by atoms with Gasteiger partial charge in [0.1, 0.15) is 28.2 Å². The van der Waals surface area contributed by atoms with Crippen LogP contribution < -0.4 is 9.80 Å². The molecule has 0 N–H and O–H groups in total. The third-order valence-electron chi connectivity index (χ3n) is 8.26. The zero-order valence-corrected chi connectivity index (χ0v) is 27.4. The van der Waals surface area contributed by atoms with Gasteiger partial charge in [0.15, 0.2) is 10.9 Å². The predicted molar refractivity (Wildman–Crippen MR) is 172 cm³/mol. The molecule has 3 aromatic heterocycles. The van der Waals surface area contributed by atoms with E-state index in [9.17, 15) is 18.5 Å². The molecule has 240 valence electrons. The molecule has 1 saturated heterocycles. The number of piperazine rings is 1. The molecule has 0 amide bonds. The summed E-state index contributed by atoms with van der Waals surface area (Å²) in [7, 11) is -1.78. The number of ether oxygens (including phenoxy) is 1. The van der Waals surface area contributed by atoms with Crippen LogP contribution in [0.2, 0.25) is 0 Å². The maximum absolute atomic E-state index is 16.1. The Morgan fingerprint density at radius 1 is 1.20 bits per heavy atom. The van der Waals surface area contributed by atoms with Crippen molar-refractivity contribution < 1.29 is 26.5 Å². The summed E-state index contributed by atoms with van der Waals surface area (Å²) in [6, 6.07) is 9.99. The molecule has 0 spiro atoms. The molecule has 46 heavy (non-hydrogen) atoms. The van der Waals surface area contributed by atoms with Crippen molar-refractivity contribution in [2.75, 3.05) is 50.2 Å². The number of nitrogens with zero attached hydrogens (tertiary/aromatic N) is 7. The van der Waals surface area contributed by atoms with E-state index < -0.39 is 28.1 Å². The van der Waals surface area contributed by atoms with Gasteiger partial charge in [-0.25, -0.2) is 19.2 Å².